The van der Waals surface area contributed by atoms with Crippen LogP contribution in [0.3, 0.4) is 0 Å². The van der Waals surface area contributed by atoms with E-state index in [2.05, 4.69) is 15.5 Å². The van der Waals surface area contributed by atoms with E-state index < -0.39 is 10.7 Å². The first-order valence-corrected chi connectivity index (χ1v) is 6.69. The van der Waals surface area contributed by atoms with Gasteiger partial charge in [-0.15, -0.1) is 10.2 Å². The van der Waals surface area contributed by atoms with Crippen LogP contribution in [0.15, 0.2) is 18.5 Å². The van der Waals surface area contributed by atoms with Crippen molar-refractivity contribution in [1.82, 2.24) is 14.8 Å². The Morgan fingerprint density at radius 1 is 1.50 bits per heavy atom. The molecular weight excluding hydrogens is 293 g/mol. The lowest BCUT2D eigenvalue weighted by atomic mass is 10.2. The van der Waals surface area contributed by atoms with Crippen LogP contribution in [0, 0.1) is 15.9 Å². The predicted molar refractivity (Wildman–Crippen MR) is 77.5 cm³/mol. The fourth-order valence-electron chi connectivity index (χ4n) is 2.04. The van der Waals surface area contributed by atoms with E-state index in [0.29, 0.717) is 13.1 Å². The number of aromatic nitrogens is 3. The highest BCUT2D eigenvalue weighted by atomic mass is 19.1. The molecule has 0 fully saturated rings. The number of methoxy groups -OCH3 is 1. The molecule has 0 aliphatic rings. The molecule has 0 spiro atoms. The molecule has 22 heavy (non-hydrogen) atoms. The van der Waals surface area contributed by atoms with Crippen LogP contribution in [-0.4, -0.2) is 33.3 Å². The summed E-state index contributed by atoms with van der Waals surface area (Å²) < 4.78 is 20.3. The zero-order chi connectivity index (χ0) is 16.1. The van der Waals surface area contributed by atoms with Gasteiger partial charge in [0.2, 0.25) is 0 Å². The SMILES string of the molecule is CCc1nncn1CCNc1cc(OC)c(F)cc1[N+](=O)[O-]. The van der Waals surface area contributed by atoms with Gasteiger partial charge in [0, 0.05) is 25.6 Å². The number of anilines is 1. The van der Waals surface area contributed by atoms with Gasteiger partial charge in [-0.3, -0.25) is 10.1 Å². The van der Waals surface area contributed by atoms with Gasteiger partial charge in [0.25, 0.3) is 5.69 Å². The van der Waals surface area contributed by atoms with E-state index in [9.17, 15) is 14.5 Å². The van der Waals surface area contributed by atoms with Crippen molar-refractivity contribution in [2.45, 2.75) is 19.9 Å². The summed E-state index contributed by atoms with van der Waals surface area (Å²) in [7, 11) is 1.30. The van der Waals surface area contributed by atoms with Gasteiger partial charge in [-0.25, -0.2) is 4.39 Å². The molecule has 0 unspecified atom stereocenters. The molecule has 1 aromatic carbocycles. The van der Waals surface area contributed by atoms with Crippen LogP contribution in [0.5, 0.6) is 5.75 Å². The summed E-state index contributed by atoms with van der Waals surface area (Å²) in [6.45, 7) is 2.90. The molecule has 0 amide bonds. The Morgan fingerprint density at radius 3 is 2.91 bits per heavy atom. The van der Waals surface area contributed by atoms with Crippen molar-refractivity contribution in [1.29, 1.82) is 0 Å². The van der Waals surface area contributed by atoms with Crippen molar-refractivity contribution in [2.24, 2.45) is 0 Å². The van der Waals surface area contributed by atoms with Gasteiger partial charge in [0.1, 0.15) is 17.8 Å². The number of hydrogen-bond acceptors (Lipinski definition) is 6. The van der Waals surface area contributed by atoms with E-state index in [0.717, 1.165) is 18.3 Å². The molecule has 0 atom stereocenters. The van der Waals surface area contributed by atoms with E-state index in [1.165, 1.54) is 13.2 Å². The quantitative estimate of drug-likeness (QED) is 0.621. The predicted octanol–water partition coefficient (Wildman–Crippen LogP) is 2.01. The minimum Gasteiger partial charge on any atom is -0.494 e. The van der Waals surface area contributed by atoms with Crippen LogP contribution in [0.4, 0.5) is 15.8 Å². The van der Waals surface area contributed by atoms with Gasteiger partial charge in [0.15, 0.2) is 11.6 Å². The Kier molecular flexibility index (Phi) is 4.87. The number of halogens is 1. The molecule has 118 valence electrons. The van der Waals surface area contributed by atoms with Gasteiger partial charge in [-0.05, 0) is 0 Å². The Bertz CT molecular complexity index is 674. The molecule has 1 heterocycles. The van der Waals surface area contributed by atoms with Crippen LogP contribution in [0.2, 0.25) is 0 Å². The lowest BCUT2D eigenvalue weighted by molar-refractivity contribution is -0.384. The zero-order valence-electron chi connectivity index (χ0n) is 12.2. The fraction of sp³-hybridized carbons (Fsp3) is 0.385. The highest BCUT2D eigenvalue weighted by Crippen LogP contribution is 2.31. The third-order valence-electron chi connectivity index (χ3n) is 3.15. The standard InChI is InChI=1S/C13H16FN5O3/c1-3-13-17-16-8-18(13)5-4-15-10-7-12(22-2)9(14)6-11(10)19(20)21/h6-8,15H,3-5H2,1-2H3. The van der Waals surface area contributed by atoms with Crippen molar-refractivity contribution in [3.05, 3.63) is 40.2 Å². The van der Waals surface area contributed by atoms with Crippen LogP contribution < -0.4 is 10.1 Å². The first kappa shape index (κ1) is 15.7. The lowest BCUT2D eigenvalue weighted by Crippen LogP contribution is -2.13. The Morgan fingerprint density at radius 2 is 2.27 bits per heavy atom. The third kappa shape index (κ3) is 3.30. The monoisotopic (exact) mass is 309 g/mol. The summed E-state index contributed by atoms with van der Waals surface area (Å²) in [4.78, 5) is 10.4. The maximum Gasteiger partial charge on any atom is 0.295 e. The lowest BCUT2D eigenvalue weighted by Gasteiger charge is -2.10. The number of nitro benzene ring substituents is 1. The molecule has 0 aliphatic heterocycles. The summed E-state index contributed by atoms with van der Waals surface area (Å²) >= 11 is 0. The van der Waals surface area contributed by atoms with Crippen molar-refractivity contribution in [3.63, 3.8) is 0 Å². The third-order valence-corrected chi connectivity index (χ3v) is 3.15. The number of nitro groups is 1. The summed E-state index contributed by atoms with van der Waals surface area (Å²) in [5.41, 5.74) is -0.132. The average molecular weight is 309 g/mol. The number of rotatable bonds is 7. The maximum absolute atomic E-state index is 13.6. The second-order valence-corrected chi connectivity index (χ2v) is 4.48. The van der Waals surface area contributed by atoms with E-state index in [1.807, 2.05) is 11.5 Å². The Hall–Kier alpha value is -2.71. The van der Waals surface area contributed by atoms with E-state index in [1.54, 1.807) is 6.33 Å². The van der Waals surface area contributed by atoms with Gasteiger partial charge >= 0.3 is 0 Å². The number of ether oxygens (including phenoxy) is 1. The highest BCUT2D eigenvalue weighted by molar-refractivity contribution is 5.64. The fourth-order valence-corrected chi connectivity index (χ4v) is 2.04. The number of aryl methyl sites for hydroxylation is 1. The van der Waals surface area contributed by atoms with E-state index >= 15 is 0 Å². The summed E-state index contributed by atoms with van der Waals surface area (Å²) in [5, 5.41) is 21.7. The smallest absolute Gasteiger partial charge is 0.295 e. The molecule has 0 saturated carbocycles. The van der Waals surface area contributed by atoms with Crippen molar-refractivity contribution < 1.29 is 14.1 Å². The number of nitrogens with one attached hydrogen (secondary N) is 1. The second kappa shape index (κ2) is 6.83. The van der Waals surface area contributed by atoms with Gasteiger partial charge in [0.05, 0.1) is 18.1 Å². The molecule has 1 N–H and O–H groups in total. The topological polar surface area (TPSA) is 95.1 Å². The number of nitrogens with zero attached hydrogens (tertiary/aromatic N) is 4. The van der Waals surface area contributed by atoms with Crippen LogP contribution in [0.25, 0.3) is 0 Å². The van der Waals surface area contributed by atoms with Crippen LogP contribution in [0.1, 0.15) is 12.7 Å². The van der Waals surface area contributed by atoms with Gasteiger partial charge < -0.3 is 14.6 Å². The van der Waals surface area contributed by atoms with Crippen molar-refractivity contribution >= 4 is 11.4 Å². The first-order valence-electron chi connectivity index (χ1n) is 6.69. The molecule has 9 heteroatoms. The molecule has 8 nitrogen and oxygen atoms in total. The molecule has 2 aromatic rings. The van der Waals surface area contributed by atoms with Gasteiger partial charge in [-0.2, -0.15) is 0 Å². The minimum absolute atomic E-state index is 0.0494. The minimum atomic E-state index is -0.771. The molecule has 0 aliphatic carbocycles. The molecule has 0 bridgehead atoms. The summed E-state index contributed by atoms with van der Waals surface area (Å²) in [6.07, 6.45) is 2.34. The largest absolute Gasteiger partial charge is 0.494 e. The van der Waals surface area contributed by atoms with Crippen LogP contribution in [-0.2, 0) is 13.0 Å². The van der Waals surface area contributed by atoms with Crippen molar-refractivity contribution in [2.75, 3.05) is 19.0 Å². The maximum atomic E-state index is 13.6. The summed E-state index contributed by atoms with van der Waals surface area (Å²) in [5.74, 6) is 0.00598. The zero-order valence-corrected chi connectivity index (χ0v) is 12.2. The Labute approximate surface area is 126 Å². The van der Waals surface area contributed by atoms with Gasteiger partial charge in [-0.1, -0.05) is 6.92 Å². The van der Waals surface area contributed by atoms with E-state index in [-0.39, 0.29) is 17.1 Å². The van der Waals surface area contributed by atoms with Crippen molar-refractivity contribution in [3.8, 4) is 5.75 Å². The molecule has 0 saturated heterocycles. The normalized spacial score (nSPS) is 10.5. The summed E-state index contributed by atoms with van der Waals surface area (Å²) in [6, 6.07) is 2.12. The average Bonchev–Trinajstić information content (AvgIpc) is 2.95. The van der Waals surface area contributed by atoms with E-state index in [4.69, 9.17) is 4.74 Å². The highest BCUT2D eigenvalue weighted by Gasteiger charge is 2.18. The Balaban J connectivity index is 2.13. The molecular formula is C13H16FN5O3. The number of hydrogen-bond donors (Lipinski definition) is 1. The molecule has 0 radical (unpaired) electrons. The second-order valence-electron chi connectivity index (χ2n) is 4.48. The molecule has 2 rings (SSSR count). The van der Waals surface area contributed by atoms with Crippen LogP contribution >= 0.6 is 0 Å². The first-order chi connectivity index (χ1) is 10.6. The molecule has 1 aromatic heterocycles. The number of benzene rings is 1.